The zero-order valence-electron chi connectivity index (χ0n) is 15.5. The lowest BCUT2D eigenvalue weighted by Crippen LogP contribution is -2.29. The predicted molar refractivity (Wildman–Crippen MR) is 108 cm³/mol. The number of fused-ring (bicyclic) bond motifs is 1. The van der Waals surface area contributed by atoms with Crippen molar-refractivity contribution in [3.8, 4) is 5.75 Å². The average Bonchev–Trinajstić information content (AvgIpc) is 3.20. The number of hydrogen-bond donors (Lipinski definition) is 0. The van der Waals surface area contributed by atoms with Crippen LogP contribution in [-0.2, 0) is 22.1 Å². The van der Waals surface area contributed by atoms with Crippen LogP contribution in [0.1, 0.15) is 28.6 Å². The SMILES string of the molecule is CN(Cc1ccccc1)[C@H]1CCOc2cc(S(=O)(=O)Cc3ncns3)ccc21. The van der Waals surface area contributed by atoms with E-state index in [1.165, 1.54) is 11.9 Å². The van der Waals surface area contributed by atoms with Gasteiger partial charge in [0.2, 0.25) is 0 Å². The quantitative estimate of drug-likeness (QED) is 0.614. The molecule has 0 unspecified atom stereocenters. The summed E-state index contributed by atoms with van der Waals surface area (Å²) in [5, 5.41) is 0.485. The molecule has 1 atom stereocenters. The molecule has 28 heavy (non-hydrogen) atoms. The summed E-state index contributed by atoms with van der Waals surface area (Å²) < 4.78 is 35.1. The number of nitrogens with zero attached hydrogens (tertiary/aromatic N) is 3. The molecule has 0 bridgehead atoms. The van der Waals surface area contributed by atoms with Crippen molar-refractivity contribution in [2.24, 2.45) is 0 Å². The van der Waals surface area contributed by atoms with E-state index in [2.05, 4.69) is 33.4 Å². The number of ether oxygens (including phenoxy) is 1. The number of hydrogen-bond acceptors (Lipinski definition) is 7. The molecule has 6 nitrogen and oxygen atoms in total. The van der Waals surface area contributed by atoms with Crippen LogP contribution in [0.5, 0.6) is 5.75 Å². The van der Waals surface area contributed by atoms with Gasteiger partial charge in [0, 0.05) is 24.6 Å². The summed E-state index contributed by atoms with van der Waals surface area (Å²) >= 11 is 1.10. The summed E-state index contributed by atoms with van der Waals surface area (Å²) in [5.74, 6) is 0.503. The first-order valence-corrected chi connectivity index (χ1v) is 11.4. The highest BCUT2D eigenvalue weighted by Gasteiger charge is 2.27. The van der Waals surface area contributed by atoms with Crippen LogP contribution in [0.15, 0.2) is 59.8 Å². The van der Waals surface area contributed by atoms with Crippen molar-refractivity contribution in [1.82, 2.24) is 14.3 Å². The molecule has 2 aromatic carbocycles. The summed E-state index contributed by atoms with van der Waals surface area (Å²) in [6.45, 7) is 1.39. The Hall–Kier alpha value is -2.29. The molecule has 0 N–H and O–H groups in total. The molecule has 1 aliphatic rings. The molecular weight excluding hydrogens is 394 g/mol. The van der Waals surface area contributed by atoms with Crippen LogP contribution >= 0.6 is 11.5 Å². The van der Waals surface area contributed by atoms with Crippen LogP contribution in [0.3, 0.4) is 0 Å². The van der Waals surface area contributed by atoms with E-state index in [9.17, 15) is 8.42 Å². The smallest absolute Gasteiger partial charge is 0.185 e. The second kappa shape index (κ2) is 7.98. The molecule has 2 heterocycles. The van der Waals surface area contributed by atoms with E-state index in [1.54, 1.807) is 12.1 Å². The zero-order valence-corrected chi connectivity index (χ0v) is 17.1. The lowest BCUT2D eigenvalue weighted by molar-refractivity contribution is 0.160. The lowest BCUT2D eigenvalue weighted by Gasteiger charge is -2.33. The minimum atomic E-state index is -3.49. The Labute approximate surface area is 168 Å². The first-order valence-electron chi connectivity index (χ1n) is 9.02. The third kappa shape index (κ3) is 4.09. The number of benzene rings is 2. The minimum absolute atomic E-state index is 0.145. The third-order valence-electron chi connectivity index (χ3n) is 4.88. The van der Waals surface area contributed by atoms with E-state index in [-0.39, 0.29) is 16.7 Å². The molecular formula is C20H21N3O3S2. The van der Waals surface area contributed by atoms with E-state index in [0.717, 1.165) is 30.1 Å². The lowest BCUT2D eigenvalue weighted by atomic mass is 9.99. The summed E-state index contributed by atoms with van der Waals surface area (Å²) in [6.07, 6.45) is 2.24. The summed E-state index contributed by atoms with van der Waals surface area (Å²) in [5.41, 5.74) is 2.27. The van der Waals surface area contributed by atoms with Crippen LogP contribution in [0.4, 0.5) is 0 Å². The fraction of sp³-hybridized carbons (Fsp3) is 0.300. The molecule has 0 saturated heterocycles. The largest absolute Gasteiger partial charge is 0.493 e. The van der Waals surface area contributed by atoms with Gasteiger partial charge in [0.1, 0.15) is 22.8 Å². The van der Waals surface area contributed by atoms with Gasteiger partial charge >= 0.3 is 0 Å². The van der Waals surface area contributed by atoms with Crippen LogP contribution < -0.4 is 4.74 Å². The van der Waals surface area contributed by atoms with Gasteiger partial charge in [0.25, 0.3) is 0 Å². The molecule has 0 saturated carbocycles. The average molecular weight is 416 g/mol. The Morgan fingerprint density at radius 1 is 1.21 bits per heavy atom. The summed E-state index contributed by atoms with van der Waals surface area (Å²) in [7, 11) is -1.40. The van der Waals surface area contributed by atoms with Gasteiger partial charge in [-0.1, -0.05) is 36.4 Å². The fourth-order valence-electron chi connectivity index (χ4n) is 3.49. The van der Waals surface area contributed by atoms with Crippen molar-refractivity contribution in [2.75, 3.05) is 13.7 Å². The highest BCUT2D eigenvalue weighted by atomic mass is 32.2. The maximum atomic E-state index is 12.7. The highest BCUT2D eigenvalue weighted by Crippen LogP contribution is 2.37. The van der Waals surface area contributed by atoms with Crippen LogP contribution in [0.25, 0.3) is 0 Å². The predicted octanol–water partition coefficient (Wildman–Crippen LogP) is 3.47. The van der Waals surface area contributed by atoms with Gasteiger partial charge in [-0.25, -0.2) is 13.4 Å². The summed E-state index contributed by atoms with van der Waals surface area (Å²) in [4.78, 5) is 6.52. The maximum Gasteiger partial charge on any atom is 0.185 e. The van der Waals surface area contributed by atoms with Gasteiger partial charge in [0.05, 0.1) is 11.5 Å². The molecule has 146 valence electrons. The first kappa shape index (κ1) is 19.0. The Morgan fingerprint density at radius 2 is 2.04 bits per heavy atom. The van der Waals surface area contributed by atoms with E-state index in [4.69, 9.17) is 4.74 Å². The van der Waals surface area contributed by atoms with Crippen LogP contribution in [-0.4, -0.2) is 36.3 Å². The van der Waals surface area contributed by atoms with Gasteiger partial charge in [0.15, 0.2) is 9.84 Å². The monoisotopic (exact) mass is 415 g/mol. The Morgan fingerprint density at radius 3 is 2.79 bits per heavy atom. The standard InChI is InChI=1S/C20H21N3O3S2/c1-23(12-15-5-3-2-4-6-15)18-9-10-26-19-11-16(7-8-17(18)19)28(24,25)13-20-21-14-22-27-20/h2-8,11,14,18H,9-10,12-13H2,1H3/t18-/m0/s1. The zero-order chi connectivity index (χ0) is 19.6. The number of rotatable bonds is 6. The van der Waals surface area contributed by atoms with Crippen molar-refractivity contribution < 1.29 is 13.2 Å². The Bertz CT molecular complexity index is 1040. The maximum absolute atomic E-state index is 12.7. The molecule has 1 aliphatic heterocycles. The molecule has 0 spiro atoms. The molecule has 1 aromatic heterocycles. The van der Waals surface area contributed by atoms with E-state index < -0.39 is 9.84 Å². The summed E-state index contributed by atoms with van der Waals surface area (Å²) in [6, 6.07) is 15.7. The number of sulfone groups is 1. The fourth-order valence-corrected chi connectivity index (χ4v) is 5.60. The topological polar surface area (TPSA) is 72.4 Å². The third-order valence-corrected chi connectivity index (χ3v) is 7.35. The number of aromatic nitrogens is 2. The van der Waals surface area contributed by atoms with E-state index >= 15 is 0 Å². The normalized spacial score (nSPS) is 16.6. The molecule has 8 heteroatoms. The van der Waals surface area contributed by atoms with E-state index in [0.29, 0.717) is 17.4 Å². The highest BCUT2D eigenvalue weighted by molar-refractivity contribution is 7.90. The van der Waals surface area contributed by atoms with Gasteiger partial charge < -0.3 is 4.74 Å². The molecule has 0 fully saturated rings. The molecule has 0 radical (unpaired) electrons. The second-order valence-electron chi connectivity index (χ2n) is 6.85. The van der Waals surface area contributed by atoms with Crippen molar-refractivity contribution >= 4 is 21.4 Å². The van der Waals surface area contributed by atoms with Gasteiger partial charge in [-0.2, -0.15) is 4.37 Å². The minimum Gasteiger partial charge on any atom is -0.493 e. The first-order chi connectivity index (χ1) is 13.5. The van der Waals surface area contributed by atoms with Crippen LogP contribution in [0, 0.1) is 0 Å². The van der Waals surface area contributed by atoms with Gasteiger partial charge in [-0.3, -0.25) is 4.90 Å². The second-order valence-corrected chi connectivity index (χ2v) is 9.70. The molecule has 0 amide bonds. The Kier molecular flexibility index (Phi) is 5.43. The van der Waals surface area contributed by atoms with Crippen molar-refractivity contribution in [1.29, 1.82) is 0 Å². The molecule has 4 rings (SSSR count). The van der Waals surface area contributed by atoms with Gasteiger partial charge in [-0.05, 0) is 36.3 Å². The van der Waals surface area contributed by atoms with Gasteiger partial charge in [-0.15, -0.1) is 0 Å². The Balaban J connectivity index is 1.57. The van der Waals surface area contributed by atoms with Crippen molar-refractivity contribution in [3.63, 3.8) is 0 Å². The molecule has 3 aromatic rings. The van der Waals surface area contributed by atoms with Crippen molar-refractivity contribution in [2.45, 2.75) is 29.7 Å². The van der Waals surface area contributed by atoms with Crippen LogP contribution in [0.2, 0.25) is 0 Å². The molecule has 0 aliphatic carbocycles. The van der Waals surface area contributed by atoms with Crippen molar-refractivity contribution in [3.05, 3.63) is 71.0 Å². The van der Waals surface area contributed by atoms with E-state index in [1.807, 2.05) is 24.3 Å².